The molecule has 4 nitrogen and oxygen atoms in total. The number of carbonyl (C=O) groups excluding carboxylic acids is 1. The van der Waals surface area contributed by atoms with Gasteiger partial charge in [0.1, 0.15) is 6.10 Å². The summed E-state index contributed by atoms with van der Waals surface area (Å²) >= 11 is 0. The first kappa shape index (κ1) is 13.6. The molecule has 1 aliphatic heterocycles. The number of hydrogen-bond donors (Lipinski definition) is 0. The minimum atomic E-state index is -0.0498. The predicted molar refractivity (Wildman–Crippen MR) is 79.5 cm³/mol. The molecular formula is C17H17NO3. The van der Waals surface area contributed by atoms with E-state index in [2.05, 4.69) is 0 Å². The molecule has 1 fully saturated rings. The molecule has 4 heteroatoms. The zero-order valence-electron chi connectivity index (χ0n) is 11.6. The van der Waals surface area contributed by atoms with Crippen LogP contribution in [0.3, 0.4) is 0 Å². The van der Waals surface area contributed by atoms with Crippen molar-refractivity contribution in [1.29, 1.82) is 0 Å². The van der Waals surface area contributed by atoms with Gasteiger partial charge in [0.25, 0.3) is 0 Å². The molecule has 0 aliphatic carbocycles. The van der Waals surface area contributed by atoms with E-state index < -0.39 is 0 Å². The summed E-state index contributed by atoms with van der Waals surface area (Å²) in [5, 5.41) is 0. The van der Waals surface area contributed by atoms with Gasteiger partial charge in [-0.25, -0.2) is 0 Å². The highest BCUT2D eigenvalue weighted by molar-refractivity contribution is 5.91. The van der Waals surface area contributed by atoms with Crippen molar-refractivity contribution < 1.29 is 13.9 Å². The molecule has 1 aliphatic rings. The fourth-order valence-corrected chi connectivity index (χ4v) is 2.36. The van der Waals surface area contributed by atoms with Crippen LogP contribution in [-0.2, 0) is 9.53 Å². The Hall–Kier alpha value is -2.33. The van der Waals surface area contributed by atoms with Gasteiger partial charge in [-0.05, 0) is 17.7 Å². The van der Waals surface area contributed by atoms with Gasteiger partial charge in [0, 0.05) is 18.2 Å². The van der Waals surface area contributed by atoms with E-state index in [0.29, 0.717) is 19.7 Å². The van der Waals surface area contributed by atoms with Crippen LogP contribution in [0.25, 0.3) is 6.08 Å². The third-order valence-corrected chi connectivity index (χ3v) is 3.51. The summed E-state index contributed by atoms with van der Waals surface area (Å²) in [6, 6.07) is 11.8. The maximum absolute atomic E-state index is 12.2. The summed E-state index contributed by atoms with van der Waals surface area (Å²) < 4.78 is 10.7. The quantitative estimate of drug-likeness (QED) is 0.813. The molecule has 2 aromatic rings. The highest BCUT2D eigenvalue weighted by Crippen LogP contribution is 2.22. The van der Waals surface area contributed by atoms with Gasteiger partial charge in [-0.3, -0.25) is 4.79 Å². The number of morpholine rings is 1. The van der Waals surface area contributed by atoms with Crippen molar-refractivity contribution in [1.82, 2.24) is 4.90 Å². The summed E-state index contributed by atoms with van der Waals surface area (Å²) in [7, 11) is 0. The Kier molecular flexibility index (Phi) is 4.17. The molecule has 0 spiro atoms. The van der Waals surface area contributed by atoms with Crippen LogP contribution in [0.5, 0.6) is 0 Å². The van der Waals surface area contributed by atoms with Crippen molar-refractivity contribution >= 4 is 12.0 Å². The zero-order valence-corrected chi connectivity index (χ0v) is 11.6. The largest absolute Gasteiger partial charge is 0.472 e. The monoisotopic (exact) mass is 283 g/mol. The molecule has 0 bridgehead atoms. The maximum atomic E-state index is 12.2. The number of benzene rings is 1. The van der Waals surface area contributed by atoms with E-state index in [9.17, 15) is 4.79 Å². The molecule has 1 unspecified atom stereocenters. The lowest BCUT2D eigenvalue weighted by molar-refractivity contribution is -0.133. The second kappa shape index (κ2) is 6.41. The van der Waals surface area contributed by atoms with Crippen LogP contribution in [0.2, 0.25) is 0 Å². The van der Waals surface area contributed by atoms with Crippen molar-refractivity contribution in [3.8, 4) is 0 Å². The first-order valence-electron chi connectivity index (χ1n) is 6.98. The lowest BCUT2D eigenvalue weighted by atomic mass is 10.1. The Morgan fingerprint density at radius 2 is 2.10 bits per heavy atom. The highest BCUT2D eigenvalue weighted by atomic mass is 16.5. The van der Waals surface area contributed by atoms with E-state index in [1.165, 1.54) is 0 Å². The van der Waals surface area contributed by atoms with Gasteiger partial charge in [-0.15, -0.1) is 0 Å². The van der Waals surface area contributed by atoms with E-state index in [-0.39, 0.29) is 12.0 Å². The summed E-state index contributed by atoms with van der Waals surface area (Å²) in [6.45, 7) is 1.77. The highest BCUT2D eigenvalue weighted by Gasteiger charge is 2.23. The molecule has 21 heavy (non-hydrogen) atoms. The van der Waals surface area contributed by atoms with Crippen LogP contribution in [0.4, 0.5) is 0 Å². The first-order valence-corrected chi connectivity index (χ1v) is 6.98. The van der Waals surface area contributed by atoms with Crippen LogP contribution in [-0.4, -0.2) is 30.5 Å². The Labute approximate surface area is 123 Å². The average molecular weight is 283 g/mol. The van der Waals surface area contributed by atoms with E-state index in [0.717, 1.165) is 11.1 Å². The molecule has 1 aromatic carbocycles. The van der Waals surface area contributed by atoms with Gasteiger partial charge in [-0.1, -0.05) is 30.3 Å². The molecule has 2 heterocycles. The average Bonchev–Trinajstić information content (AvgIpc) is 3.07. The van der Waals surface area contributed by atoms with Gasteiger partial charge in [-0.2, -0.15) is 0 Å². The van der Waals surface area contributed by atoms with Crippen LogP contribution in [0, 0.1) is 0 Å². The summed E-state index contributed by atoms with van der Waals surface area (Å²) in [5.74, 6) is 0.000399. The Morgan fingerprint density at radius 1 is 1.24 bits per heavy atom. The maximum Gasteiger partial charge on any atom is 0.246 e. The smallest absolute Gasteiger partial charge is 0.246 e. The van der Waals surface area contributed by atoms with Crippen LogP contribution in [0.15, 0.2) is 59.4 Å². The topological polar surface area (TPSA) is 42.7 Å². The zero-order chi connectivity index (χ0) is 14.5. The normalized spacial score (nSPS) is 19.0. The van der Waals surface area contributed by atoms with Gasteiger partial charge in [0.05, 0.1) is 25.7 Å². The lowest BCUT2D eigenvalue weighted by Crippen LogP contribution is -2.41. The van der Waals surface area contributed by atoms with Crippen molar-refractivity contribution in [2.75, 3.05) is 19.7 Å². The molecule has 3 rings (SSSR count). The molecule has 0 saturated carbocycles. The molecule has 0 radical (unpaired) electrons. The molecule has 0 N–H and O–H groups in total. The Morgan fingerprint density at radius 3 is 2.86 bits per heavy atom. The van der Waals surface area contributed by atoms with Crippen molar-refractivity contribution in [2.24, 2.45) is 0 Å². The van der Waals surface area contributed by atoms with E-state index in [1.54, 1.807) is 24.7 Å². The fourth-order valence-electron chi connectivity index (χ4n) is 2.36. The molecule has 1 atom stereocenters. The van der Waals surface area contributed by atoms with Gasteiger partial charge in [0.15, 0.2) is 0 Å². The number of amides is 1. The van der Waals surface area contributed by atoms with Crippen molar-refractivity contribution in [3.05, 3.63) is 66.1 Å². The van der Waals surface area contributed by atoms with E-state index in [1.807, 2.05) is 41.3 Å². The third-order valence-electron chi connectivity index (χ3n) is 3.51. The summed E-state index contributed by atoms with van der Waals surface area (Å²) in [5.41, 5.74) is 1.99. The molecule has 1 amide bonds. The SMILES string of the molecule is O=C(C=Cc1ccoc1)N1CCOC(c2ccccc2)C1. The standard InChI is InChI=1S/C17H17NO3/c19-17(7-6-14-8-10-20-13-14)18-9-11-21-16(12-18)15-4-2-1-3-5-15/h1-8,10,13,16H,9,11-12H2. The van der Waals surface area contributed by atoms with Crippen molar-refractivity contribution in [3.63, 3.8) is 0 Å². The molecular weight excluding hydrogens is 266 g/mol. The number of carbonyl (C=O) groups is 1. The van der Waals surface area contributed by atoms with Crippen LogP contribution >= 0.6 is 0 Å². The van der Waals surface area contributed by atoms with Crippen LogP contribution in [0.1, 0.15) is 17.2 Å². The lowest BCUT2D eigenvalue weighted by Gasteiger charge is -2.32. The third kappa shape index (κ3) is 3.41. The first-order chi connectivity index (χ1) is 10.3. The minimum absolute atomic E-state index is 0.000399. The molecule has 108 valence electrons. The second-order valence-corrected chi connectivity index (χ2v) is 4.94. The predicted octanol–water partition coefficient (Wildman–Crippen LogP) is 2.89. The molecule has 1 saturated heterocycles. The Bertz CT molecular complexity index is 604. The van der Waals surface area contributed by atoms with Gasteiger partial charge >= 0.3 is 0 Å². The number of ether oxygens (including phenoxy) is 1. The number of rotatable bonds is 3. The molecule has 1 aromatic heterocycles. The van der Waals surface area contributed by atoms with E-state index >= 15 is 0 Å². The number of nitrogens with zero attached hydrogens (tertiary/aromatic N) is 1. The Balaban J connectivity index is 1.64. The number of furan rings is 1. The van der Waals surface area contributed by atoms with E-state index in [4.69, 9.17) is 9.15 Å². The minimum Gasteiger partial charge on any atom is -0.472 e. The number of hydrogen-bond acceptors (Lipinski definition) is 3. The summed E-state index contributed by atoms with van der Waals surface area (Å²) in [6.07, 6.45) is 6.49. The van der Waals surface area contributed by atoms with Crippen LogP contribution < -0.4 is 0 Å². The van der Waals surface area contributed by atoms with Gasteiger partial charge in [0.2, 0.25) is 5.91 Å². The van der Waals surface area contributed by atoms with Gasteiger partial charge < -0.3 is 14.1 Å². The summed E-state index contributed by atoms with van der Waals surface area (Å²) in [4.78, 5) is 14.0. The second-order valence-electron chi connectivity index (χ2n) is 4.94. The fraction of sp³-hybridized carbons (Fsp3) is 0.235. The van der Waals surface area contributed by atoms with Crippen molar-refractivity contribution in [2.45, 2.75) is 6.10 Å².